The Hall–Kier alpha value is -2.37. The van der Waals surface area contributed by atoms with Crippen molar-refractivity contribution in [3.8, 4) is 5.75 Å². The van der Waals surface area contributed by atoms with Gasteiger partial charge in [0.05, 0.1) is 35.5 Å². The highest BCUT2D eigenvalue weighted by Gasteiger charge is 2.43. The highest BCUT2D eigenvalue weighted by atomic mass is 35.5. The molecule has 3 unspecified atom stereocenters. The van der Waals surface area contributed by atoms with Crippen LogP contribution in [0.25, 0.3) is 0 Å². The van der Waals surface area contributed by atoms with Crippen LogP contribution in [0, 0.1) is 5.92 Å². The highest BCUT2D eigenvalue weighted by Crippen LogP contribution is 2.32. The molecule has 0 spiro atoms. The van der Waals surface area contributed by atoms with Gasteiger partial charge in [-0.25, -0.2) is 0 Å². The average Bonchev–Trinajstić information content (AvgIpc) is 2.91. The van der Waals surface area contributed by atoms with E-state index in [2.05, 4.69) is 31.0 Å². The second-order valence-electron chi connectivity index (χ2n) is 9.43. The number of likely N-dealkylation sites (tertiary alicyclic amines) is 1. The van der Waals surface area contributed by atoms with E-state index in [-0.39, 0.29) is 24.1 Å². The van der Waals surface area contributed by atoms with Gasteiger partial charge in [0.2, 0.25) is 0 Å². The molecular weight excluding hydrogens is 517 g/mol. The Morgan fingerprint density at radius 1 is 1.19 bits per heavy atom. The summed E-state index contributed by atoms with van der Waals surface area (Å²) in [6, 6.07) is 6.65. The third-order valence-corrected chi connectivity index (χ3v) is 7.77. The predicted molar refractivity (Wildman–Crippen MR) is 146 cm³/mol. The van der Waals surface area contributed by atoms with E-state index in [4.69, 9.17) is 38.4 Å². The summed E-state index contributed by atoms with van der Waals surface area (Å²) >= 11 is 12.1. The molecule has 0 radical (unpaired) electrons. The molecule has 1 amide bonds. The number of ether oxygens (including phenoxy) is 2. The smallest absolute Gasteiger partial charge is 0.255 e. The van der Waals surface area contributed by atoms with Crippen LogP contribution in [0.2, 0.25) is 10.2 Å². The number of rotatable bonds is 9. The molecule has 5 N–H and O–H groups in total. The summed E-state index contributed by atoms with van der Waals surface area (Å²) in [4.78, 5) is 15.8. The number of carbonyl (C=O) groups is 1. The predicted octanol–water partition coefficient (Wildman–Crippen LogP) is 2.67. The summed E-state index contributed by atoms with van der Waals surface area (Å²) in [7, 11) is 3.23. The lowest BCUT2D eigenvalue weighted by molar-refractivity contribution is -0.0633. The van der Waals surface area contributed by atoms with Crippen LogP contribution >= 0.6 is 23.2 Å². The molecule has 202 valence electrons. The number of piperidine rings is 2. The second-order valence-corrected chi connectivity index (χ2v) is 10.2. The molecule has 0 aliphatic carbocycles. The van der Waals surface area contributed by atoms with E-state index in [1.807, 2.05) is 6.07 Å². The van der Waals surface area contributed by atoms with Gasteiger partial charge < -0.3 is 31.2 Å². The first-order valence-electron chi connectivity index (χ1n) is 12.6. The SMILES string of the molecule is COc1cc(N)c(Cl)cc1C(=O)NC1CCN(CCNc2ccc(Cl)nn2)C(C2CCNCC2)C1OC. The van der Waals surface area contributed by atoms with E-state index in [0.29, 0.717) is 45.5 Å². The van der Waals surface area contributed by atoms with Crippen molar-refractivity contribution in [1.29, 1.82) is 0 Å². The van der Waals surface area contributed by atoms with Crippen molar-refractivity contribution in [2.45, 2.75) is 37.5 Å². The van der Waals surface area contributed by atoms with E-state index in [1.165, 1.54) is 7.11 Å². The lowest BCUT2D eigenvalue weighted by atomic mass is 9.80. The number of hydrogen-bond donors (Lipinski definition) is 4. The minimum Gasteiger partial charge on any atom is -0.496 e. The Kier molecular flexibility index (Phi) is 9.66. The van der Waals surface area contributed by atoms with E-state index in [1.54, 1.807) is 25.3 Å². The summed E-state index contributed by atoms with van der Waals surface area (Å²) in [5.41, 5.74) is 6.62. The van der Waals surface area contributed by atoms with Crippen LogP contribution in [-0.4, -0.2) is 86.1 Å². The topological polar surface area (TPSA) is 127 Å². The Morgan fingerprint density at radius 2 is 1.97 bits per heavy atom. The number of nitrogens with zero attached hydrogens (tertiary/aromatic N) is 3. The van der Waals surface area contributed by atoms with Gasteiger partial charge in [0.15, 0.2) is 5.15 Å². The van der Waals surface area contributed by atoms with Crippen LogP contribution in [0.15, 0.2) is 24.3 Å². The summed E-state index contributed by atoms with van der Waals surface area (Å²) in [6.07, 6.45) is 2.68. The Morgan fingerprint density at radius 3 is 2.65 bits per heavy atom. The number of hydrogen-bond acceptors (Lipinski definition) is 9. The van der Waals surface area contributed by atoms with Gasteiger partial charge in [-0.1, -0.05) is 23.2 Å². The minimum atomic E-state index is -0.258. The third kappa shape index (κ3) is 6.74. The van der Waals surface area contributed by atoms with Crippen molar-refractivity contribution < 1.29 is 14.3 Å². The number of nitrogen functional groups attached to an aromatic ring is 1. The molecule has 10 nitrogen and oxygen atoms in total. The van der Waals surface area contributed by atoms with Crippen molar-refractivity contribution in [3.63, 3.8) is 0 Å². The average molecular weight is 553 g/mol. The normalized spacial score (nSPS) is 23.0. The molecule has 0 saturated carbocycles. The number of carbonyl (C=O) groups excluding carboxylic acids is 1. The molecule has 4 rings (SSSR count). The largest absolute Gasteiger partial charge is 0.496 e. The standard InChI is InChI=1S/C25H35Cl2N7O3/c1-36-20-14-18(28)17(26)13-16(20)25(35)31-19-7-11-34(12-10-30-22-4-3-21(27)32-33-22)23(24(19)37-2)15-5-8-29-9-6-15/h3-4,13-15,19,23-24,29H,5-12,28H2,1-2H3,(H,30,33)(H,31,35). The number of nitrogens with one attached hydrogen (secondary N) is 3. The Balaban J connectivity index is 1.48. The summed E-state index contributed by atoms with van der Waals surface area (Å²) in [5.74, 6) is 1.26. The van der Waals surface area contributed by atoms with Gasteiger partial charge in [-0.3, -0.25) is 9.69 Å². The molecule has 3 heterocycles. The van der Waals surface area contributed by atoms with Crippen molar-refractivity contribution in [3.05, 3.63) is 40.0 Å². The first-order valence-corrected chi connectivity index (χ1v) is 13.3. The van der Waals surface area contributed by atoms with Crippen LogP contribution in [0.1, 0.15) is 29.6 Å². The third-order valence-electron chi connectivity index (χ3n) is 7.24. The molecule has 2 aliphatic heterocycles. The van der Waals surface area contributed by atoms with Gasteiger partial charge in [0, 0.05) is 38.9 Å². The van der Waals surface area contributed by atoms with Gasteiger partial charge in [0.25, 0.3) is 5.91 Å². The zero-order valence-corrected chi connectivity index (χ0v) is 22.7. The van der Waals surface area contributed by atoms with Gasteiger partial charge in [0.1, 0.15) is 11.6 Å². The van der Waals surface area contributed by atoms with Gasteiger partial charge in [-0.2, -0.15) is 0 Å². The maximum absolute atomic E-state index is 13.3. The maximum Gasteiger partial charge on any atom is 0.255 e. The van der Waals surface area contributed by atoms with E-state index >= 15 is 0 Å². The van der Waals surface area contributed by atoms with Crippen molar-refractivity contribution in [2.24, 2.45) is 5.92 Å². The highest BCUT2D eigenvalue weighted by molar-refractivity contribution is 6.33. The maximum atomic E-state index is 13.3. The first-order chi connectivity index (χ1) is 17.9. The quantitative estimate of drug-likeness (QED) is 0.348. The van der Waals surface area contributed by atoms with E-state index < -0.39 is 0 Å². The van der Waals surface area contributed by atoms with Crippen LogP contribution in [0.4, 0.5) is 11.5 Å². The molecule has 1 aromatic carbocycles. The van der Waals surface area contributed by atoms with Crippen LogP contribution in [-0.2, 0) is 4.74 Å². The van der Waals surface area contributed by atoms with Crippen LogP contribution in [0.5, 0.6) is 5.75 Å². The number of halogens is 2. The van der Waals surface area contributed by atoms with Gasteiger partial charge >= 0.3 is 0 Å². The number of nitrogens with two attached hydrogens (primary N) is 1. The molecule has 1 aromatic heterocycles. The number of methoxy groups -OCH3 is 2. The van der Waals surface area contributed by atoms with Crippen LogP contribution < -0.4 is 26.4 Å². The van der Waals surface area contributed by atoms with Gasteiger partial charge in [-0.15, -0.1) is 10.2 Å². The monoisotopic (exact) mass is 551 g/mol. The fourth-order valence-electron chi connectivity index (χ4n) is 5.43. The van der Waals surface area contributed by atoms with Crippen molar-refractivity contribution >= 4 is 40.6 Å². The van der Waals surface area contributed by atoms with Gasteiger partial charge in [-0.05, 0) is 56.5 Å². The molecule has 2 aromatic rings. The van der Waals surface area contributed by atoms with Crippen molar-refractivity contribution in [2.75, 3.05) is 58.0 Å². The fourth-order valence-corrected chi connectivity index (χ4v) is 5.70. The summed E-state index contributed by atoms with van der Waals surface area (Å²) in [6.45, 7) is 4.28. The number of amides is 1. The van der Waals surface area contributed by atoms with Crippen LogP contribution in [0.3, 0.4) is 0 Å². The zero-order chi connectivity index (χ0) is 26.4. The van der Waals surface area contributed by atoms with E-state index in [0.717, 1.165) is 45.4 Å². The summed E-state index contributed by atoms with van der Waals surface area (Å²) in [5, 5.41) is 18.6. The number of aromatic nitrogens is 2. The van der Waals surface area contributed by atoms with E-state index in [9.17, 15) is 4.79 Å². The second kappa shape index (κ2) is 12.9. The molecule has 37 heavy (non-hydrogen) atoms. The molecule has 3 atom stereocenters. The molecular formula is C25H35Cl2N7O3. The Labute approximate surface area is 227 Å². The molecule has 12 heteroatoms. The molecule has 2 fully saturated rings. The Bertz CT molecular complexity index is 1050. The number of anilines is 2. The fraction of sp³-hybridized carbons (Fsp3) is 0.560. The zero-order valence-electron chi connectivity index (χ0n) is 21.2. The molecule has 0 bridgehead atoms. The number of benzene rings is 1. The minimum absolute atomic E-state index is 0.154. The summed E-state index contributed by atoms with van der Waals surface area (Å²) < 4.78 is 11.5. The lowest BCUT2D eigenvalue weighted by Crippen LogP contribution is -2.64. The molecule has 2 saturated heterocycles. The first kappa shape index (κ1) is 27.7. The lowest BCUT2D eigenvalue weighted by Gasteiger charge is -2.49. The van der Waals surface area contributed by atoms with Crippen molar-refractivity contribution in [1.82, 2.24) is 25.7 Å². The molecule has 2 aliphatic rings.